The van der Waals surface area contributed by atoms with Crippen LogP contribution in [0.25, 0.3) is 0 Å². The zero-order valence-corrected chi connectivity index (χ0v) is 11.3. The summed E-state index contributed by atoms with van der Waals surface area (Å²) in [5.74, 6) is -2.34. The van der Waals surface area contributed by atoms with Gasteiger partial charge in [0.05, 0.1) is 0 Å². The molecule has 1 aromatic heterocycles. The maximum absolute atomic E-state index is 11.9. The third-order valence-corrected chi connectivity index (χ3v) is 3.83. The molecule has 6 N–H and O–H groups in total. The lowest BCUT2D eigenvalue weighted by atomic mass is 10.2. The highest BCUT2D eigenvalue weighted by atomic mass is 32.2. The van der Waals surface area contributed by atoms with Crippen LogP contribution in [-0.2, 0) is 19.6 Å². The van der Waals surface area contributed by atoms with E-state index in [0.717, 1.165) is 0 Å². The number of rotatable bonds is 7. The van der Waals surface area contributed by atoms with Crippen molar-refractivity contribution in [2.75, 3.05) is 0 Å². The first-order chi connectivity index (χ1) is 9.63. The van der Waals surface area contributed by atoms with Crippen LogP contribution < -0.4 is 21.7 Å². The second kappa shape index (κ2) is 6.32. The van der Waals surface area contributed by atoms with Crippen molar-refractivity contribution in [3.05, 3.63) is 27.0 Å². The van der Waals surface area contributed by atoms with E-state index in [4.69, 9.17) is 10.8 Å². The van der Waals surface area contributed by atoms with E-state index in [1.807, 2.05) is 4.98 Å². The minimum Gasteiger partial charge on any atom is -0.480 e. The SMILES string of the molecule is NC(=O)CC[C@H](NS(=O)(=O)c1c[nH]c(=O)[nH]c1=O)C(=O)O. The van der Waals surface area contributed by atoms with Crippen LogP contribution in [0.5, 0.6) is 0 Å². The van der Waals surface area contributed by atoms with Crippen LogP contribution in [0.2, 0.25) is 0 Å². The summed E-state index contributed by atoms with van der Waals surface area (Å²) in [5.41, 5.74) is 2.73. The van der Waals surface area contributed by atoms with E-state index in [1.54, 1.807) is 9.71 Å². The van der Waals surface area contributed by atoms with Gasteiger partial charge in [-0.05, 0) is 6.42 Å². The summed E-state index contributed by atoms with van der Waals surface area (Å²) in [6.07, 6.45) is -0.108. The summed E-state index contributed by atoms with van der Waals surface area (Å²) >= 11 is 0. The number of hydrogen-bond donors (Lipinski definition) is 5. The average molecular weight is 320 g/mol. The van der Waals surface area contributed by atoms with Crippen LogP contribution in [0.4, 0.5) is 0 Å². The first-order valence-electron chi connectivity index (χ1n) is 5.49. The number of amides is 1. The first kappa shape index (κ1) is 16.6. The summed E-state index contributed by atoms with van der Waals surface area (Å²) in [6.45, 7) is 0. The number of carboxylic acid groups (broad SMARTS) is 1. The van der Waals surface area contributed by atoms with E-state index >= 15 is 0 Å². The number of nitrogens with one attached hydrogen (secondary N) is 3. The van der Waals surface area contributed by atoms with Gasteiger partial charge in [-0.3, -0.25) is 19.4 Å². The van der Waals surface area contributed by atoms with E-state index in [-0.39, 0.29) is 12.8 Å². The molecular formula is C9H12N4O7S. The first-order valence-corrected chi connectivity index (χ1v) is 6.97. The number of carbonyl (C=O) groups is 2. The molecule has 116 valence electrons. The maximum Gasteiger partial charge on any atom is 0.325 e. The zero-order chi connectivity index (χ0) is 16.2. The van der Waals surface area contributed by atoms with Crippen molar-refractivity contribution in [2.45, 2.75) is 23.8 Å². The Balaban J connectivity index is 3.06. The standard InChI is InChI=1S/C9H12N4O7S/c10-6(14)2-1-4(8(16)17)13-21(19,20)5-3-11-9(18)12-7(5)15/h3-4,13H,1-2H2,(H2,10,14)(H,16,17)(H2,11,12,15,18)/t4-/m0/s1. The van der Waals surface area contributed by atoms with Crippen molar-refractivity contribution in [3.63, 3.8) is 0 Å². The second-order valence-corrected chi connectivity index (χ2v) is 5.64. The van der Waals surface area contributed by atoms with Crippen molar-refractivity contribution < 1.29 is 23.1 Å². The fraction of sp³-hybridized carbons (Fsp3) is 0.333. The fourth-order valence-corrected chi connectivity index (χ4v) is 2.60. The summed E-state index contributed by atoms with van der Waals surface area (Å²) < 4.78 is 25.5. The minimum atomic E-state index is -4.50. The largest absolute Gasteiger partial charge is 0.480 e. The Morgan fingerprint density at radius 2 is 2.00 bits per heavy atom. The predicted molar refractivity (Wildman–Crippen MR) is 67.9 cm³/mol. The molecule has 11 nitrogen and oxygen atoms in total. The van der Waals surface area contributed by atoms with Gasteiger partial charge < -0.3 is 15.8 Å². The molecule has 1 rings (SSSR count). The molecule has 12 heteroatoms. The monoisotopic (exact) mass is 320 g/mol. The molecule has 0 saturated heterocycles. The van der Waals surface area contributed by atoms with E-state index < -0.39 is 44.1 Å². The van der Waals surface area contributed by atoms with Crippen molar-refractivity contribution in [1.29, 1.82) is 0 Å². The Morgan fingerprint density at radius 1 is 1.38 bits per heavy atom. The van der Waals surface area contributed by atoms with Gasteiger partial charge in [0.1, 0.15) is 6.04 Å². The molecule has 0 unspecified atom stereocenters. The highest BCUT2D eigenvalue weighted by molar-refractivity contribution is 7.89. The van der Waals surface area contributed by atoms with Gasteiger partial charge in [-0.25, -0.2) is 13.2 Å². The molecule has 0 bridgehead atoms. The Hall–Kier alpha value is -2.47. The van der Waals surface area contributed by atoms with Crippen molar-refractivity contribution >= 4 is 21.9 Å². The van der Waals surface area contributed by atoms with Gasteiger partial charge in [-0.2, -0.15) is 4.72 Å². The molecule has 0 aliphatic carbocycles. The lowest BCUT2D eigenvalue weighted by Gasteiger charge is -2.13. The summed E-state index contributed by atoms with van der Waals surface area (Å²) in [5, 5.41) is 8.89. The van der Waals surface area contributed by atoms with Crippen molar-refractivity contribution in [3.8, 4) is 0 Å². The molecule has 0 fully saturated rings. The van der Waals surface area contributed by atoms with Crippen LogP contribution in [0.3, 0.4) is 0 Å². The van der Waals surface area contributed by atoms with E-state index in [0.29, 0.717) is 6.20 Å². The number of aromatic nitrogens is 2. The van der Waals surface area contributed by atoms with Crippen LogP contribution in [0.15, 0.2) is 20.7 Å². The molecule has 0 saturated carbocycles. The number of carbonyl (C=O) groups excluding carboxylic acids is 1. The van der Waals surface area contributed by atoms with Crippen LogP contribution >= 0.6 is 0 Å². The number of hydrogen-bond acceptors (Lipinski definition) is 6. The van der Waals surface area contributed by atoms with E-state index in [1.165, 1.54) is 0 Å². The average Bonchev–Trinajstić information content (AvgIpc) is 2.33. The van der Waals surface area contributed by atoms with Gasteiger partial charge in [0.2, 0.25) is 15.9 Å². The van der Waals surface area contributed by atoms with Crippen molar-refractivity contribution in [2.24, 2.45) is 5.73 Å². The lowest BCUT2D eigenvalue weighted by molar-refractivity contribution is -0.139. The number of primary amides is 1. The predicted octanol–water partition coefficient (Wildman–Crippen LogP) is -2.94. The molecule has 0 aromatic carbocycles. The third kappa shape index (κ3) is 4.54. The molecule has 1 amide bonds. The van der Waals surface area contributed by atoms with Gasteiger partial charge in [0.15, 0.2) is 4.90 Å². The number of aliphatic carboxylic acids is 1. The third-order valence-electron chi connectivity index (χ3n) is 2.35. The maximum atomic E-state index is 11.9. The Morgan fingerprint density at radius 3 is 2.48 bits per heavy atom. The van der Waals surface area contributed by atoms with Crippen molar-refractivity contribution in [1.82, 2.24) is 14.7 Å². The molecule has 21 heavy (non-hydrogen) atoms. The van der Waals surface area contributed by atoms with Gasteiger partial charge in [-0.1, -0.05) is 0 Å². The van der Waals surface area contributed by atoms with Crippen LogP contribution in [0, 0.1) is 0 Å². The molecule has 1 aromatic rings. The van der Waals surface area contributed by atoms with E-state index in [2.05, 4.69) is 0 Å². The van der Waals surface area contributed by atoms with Gasteiger partial charge >= 0.3 is 11.7 Å². The molecule has 0 spiro atoms. The summed E-state index contributed by atoms with van der Waals surface area (Å²) in [4.78, 5) is 46.5. The number of nitrogens with two attached hydrogens (primary N) is 1. The smallest absolute Gasteiger partial charge is 0.325 e. The fourth-order valence-electron chi connectivity index (χ4n) is 1.37. The summed E-state index contributed by atoms with van der Waals surface area (Å²) in [7, 11) is -4.50. The van der Waals surface area contributed by atoms with Gasteiger partial charge in [-0.15, -0.1) is 0 Å². The quantitative estimate of drug-likeness (QED) is 0.354. The molecule has 0 radical (unpaired) electrons. The van der Waals surface area contributed by atoms with Gasteiger partial charge in [0, 0.05) is 12.6 Å². The number of H-pyrrole nitrogens is 2. The topological polar surface area (TPSA) is 192 Å². The number of aromatic amines is 2. The number of sulfonamides is 1. The van der Waals surface area contributed by atoms with Crippen LogP contribution in [-0.4, -0.2) is 41.4 Å². The molecule has 0 aliphatic rings. The van der Waals surface area contributed by atoms with E-state index in [9.17, 15) is 27.6 Å². The van der Waals surface area contributed by atoms with Gasteiger partial charge in [0.25, 0.3) is 5.56 Å². The molecular weight excluding hydrogens is 308 g/mol. The summed E-state index contributed by atoms with van der Waals surface area (Å²) in [6, 6.07) is -1.64. The number of carboxylic acids is 1. The normalized spacial score (nSPS) is 12.8. The Kier molecular flexibility index (Phi) is 4.99. The highest BCUT2D eigenvalue weighted by Gasteiger charge is 2.27. The highest BCUT2D eigenvalue weighted by Crippen LogP contribution is 2.04. The molecule has 1 heterocycles. The lowest BCUT2D eigenvalue weighted by Crippen LogP contribution is -2.43. The Labute approximate surface area is 117 Å². The minimum absolute atomic E-state index is 0.360. The molecule has 0 aliphatic heterocycles. The van der Waals surface area contributed by atoms with Crippen LogP contribution in [0.1, 0.15) is 12.8 Å². The zero-order valence-electron chi connectivity index (χ0n) is 10.5. The molecule has 1 atom stereocenters. The second-order valence-electron chi connectivity index (χ2n) is 3.95. The Bertz CT molecular complexity index is 763.